The van der Waals surface area contributed by atoms with Crippen molar-refractivity contribution in [1.82, 2.24) is 15.5 Å². The standard InChI is InChI=1S/C27H39F3N4O5.C2HF3O2/c1-2-3-10-22(25(37)34-15-12-19(13-16-34)26(38)39)33-24(36)21(11-7-14-27(28,29)30)32-23(35)20(31)17-18-8-5-4-6-9-18;3-2(4,5)1(6)7/h4-6,8-9,19-22H,2-3,7,10-17,31H2,1H3,(H,32,35)(H,33,36)(H,38,39);(H,6,7)/t20-,21-,22?;/m1./s1. The Bertz CT molecular complexity index is 1140. The molecule has 0 aliphatic carbocycles. The zero-order valence-corrected chi connectivity index (χ0v) is 25.2. The van der Waals surface area contributed by atoms with E-state index in [0.717, 1.165) is 12.0 Å². The number of carbonyl (C=O) groups is 5. The van der Waals surface area contributed by atoms with E-state index >= 15 is 0 Å². The van der Waals surface area contributed by atoms with Gasteiger partial charge in [0.2, 0.25) is 17.7 Å². The number of carboxylic acids is 2. The molecule has 1 aromatic rings. The SMILES string of the molecule is CCCCC(NC(=O)[C@@H](CCCC(F)(F)F)NC(=O)[C@H](N)Cc1ccccc1)C(=O)N1CCC(C(=O)O)CC1.O=C(O)C(F)(F)F. The number of hydrogen-bond donors (Lipinski definition) is 5. The van der Waals surface area contributed by atoms with Gasteiger partial charge in [0, 0.05) is 19.5 Å². The average molecular weight is 671 g/mol. The maximum atomic E-state index is 13.2. The van der Waals surface area contributed by atoms with Gasteiger partial charge >= 0.3 is 24.3 Å². The molecule has 0 spiro atoms. The fraction of sp³-hybridized carbons (Fsp3) is 0.621. The van der Waals surface area contributed by atoms with Crippen LogP contribution in [0.15, 0.2) is 30.3 Å². The summed E-state index contributed by atoms with van der Waals surface area (Å²) in [6.45, 7) is 2.37. The third-order valence-electron chi connectivity index (χ3n) is 7.08. The minimum absolute atomic E-state index is 0.174. The molecule has 0 aromatic heterocycles. The van der Waals surface area contributed by atoms with E-state index < -0.39 is 73.0 Å². The number of rotatable bonds is 14. The van der Waals surface area contributed by atoms with Crippen LogP contribution in [0.1, 0.15) is 63.9 Å². The number of aliphatic carboxylic acids is 2. The Morgan fingerprint density at radius 1 is 0.891 bits per heavy atom. The van der Waals surface area contributed by atoms with Crippen molar-refractivity contribution in [1.29, 1.82) is 0 Å². The third kappa shape index (κ3) is 15.4. The number of nitrogens with two attached hydrogens (primary N) is 1. The lowest BCUT2D eigenvalue weighted by Gasteiger charge is -2.33. The maximum Gasteiger partial charge on any atom is 0.490 e. The maximum absolute atomic E-state index is 13.2. The monoisotopic (exact) mass is 670 g/mol. The van der Waals surface area contributed by atoms with Crippen LogP contribution in [-0.2, 0) is 30.4 Å². The smallest absolute Gasteiger partial charge is 0.481 e. The Morgan fingerprint density at radius 3 is 1.89 bits per heavy atom. The number of piperidine rings is 1. The number of unbranched alkanes of at least 4 members (excludes halogenated alkanes) is 1. The molecule has 0 bridgehead atoms. The molecule has 1 saturated heterocycles. The summed E-state index contributed by atoms with van der Waals surface area (Å²) in [7, 11) is 0. The average Bonchev–Trinajstić information content (AvgIpc) is 2.98. The van der Waals surface area contributed by atoms with Crippen LogP contribution in [-0.4, -0.2) is 88.3 Å². The lowest BCUT2D eigenvalue weighted by Crippen LogP contribution is -2.57. The Morgan fingerprint density at radius 2 is 1.41 bits per heavy atom. The molecule has 11 nitrogen and oxygen atoms in total. The summed E-state index contributed by atoms with van der Waals surface area (Å²) in [5.41, 5.74) is 6.80. The number of alkyl halides is 6. The molecule has 6 N–H and O–H groups in total. The Labute approximate surface area is 261 Å². The van der Waals surface area contributed by atoms with Gasteiger partial charge in [0.15, 0.2) is 0 Å². The summed E-state index contributed by atoms with van der Waals surface area (Å²) >= 11 is 0. The summed E-state index contributed by atoms with van der Waals surface area (Å²) < 4.78 is 70.1. The van der Waals surface area contributed by atoms with Crippen LogP contribution in [0.2, 0.25) is 0 Å². The second-order valence-corrected chi connectivity index (χ2v) is 10.8. The number of hydrogen-bond acceptors (Lipinski definition) is 6. The number of amides is 3. The molecule has 260 valence electrons. The molecule has 0 saturated carbocycles. The van der Waals surface area contributed by atoms with Crippen LogP contribution >= 0.6 is 0 Å². The largest absolute Gasteiger partial charge is 0.490 e. The van der Waals surface area contributed by atoms with Gasteiger partial charge in [-0.15, -0.1) is 0 Å². The minimum Gasteiger partial charge on any atom is -0.481 e. The summed E-state index contributed by atoms with van der Waals surface area (Å²) in [5.74, 6) is -6.02. The van der Waals surface area contributed by atoms with Crippen molar-refractivity contribution in [2.24, 2.45) is 11.7 Å². The van der Waals surface area contributed by atoms with Crippen LogP contribution in [0.25, 0.3) is 0 Å². The quantitative estimate of drug-likeness (QED) is 0.187. The van der Waals surface area contributed by atoms with Crippen molar-refractivity contribution in [3.8, 4) is 0 Å². The molecule has 1 aromatic carbocycles. The number of benzene rings is 1. The summed E-state index contributed by atoms with van der Waals surface area (Å²) in [6, 6.07) is 5.65. The summed E-state index contributed by atoms with van der Waals surface area (Å²) in [5, 5.41) is 21.5. The molecule has 1 aliphatic heterocycles. The van der Waals surface area contributed by atoms with Crippen LogP contribution in [0.3, 0.4) is 0 Å². The normalized spacial score (nSPS) is 15.9. The van der Waals surface area contributed by atoms with Gasteiger partial charge in [-0.3, -0.25) is 19.2 Å². The van der Waals surface area contributed by atoms with Gasteiger partial charge in [-0.25, -0.2) is 4.79 Å². The van der Waals surface area contributed by atoms with E-state index in [2.05, 4.69) is 10.6 Å². The molecule has 2 rings (SSSR count). The van der Waals surface area contributed by atoms with Crippen molar-refractivity contribution < 1.29 is 60.5 Å². The fourth-order valence-electron chi connectivity index (χ4n) is 4.52. The van der Waals surface area contributed by atoms with Crippen LogP contribution < -0.4 is 16.4 Å². The molecular formula is C29H40F6N4O7. The highest BCUT2D eigenvalue weighted by atomic mass is 19.4. The minimum atomic E-state index is -5.08. The zero-order valence-electron chi connectivity index (χ0n) is 25.2. The van der Waals surface area contributed by atoms with E-state index in [0.29, 0.717) is 25.7 Å². The number of nitrogens with one attached hydrogen (secondary N) is 2. The highest BCUT2D eigenvalue weighted by molar-refractivity contribution is 5.93. The lowest BCUT2D eigenvalue weighted by atomic mass is 9.96. The molecule has 3 atom stereocenters. The second-order valence-electron chi connectivity index (χ2n) is 10.8. The summed E-state index contributed by atoms with van der Waals surface area (Å²) in [4.78, 5) is 60.9. The fourth-order valence-corrected chi connectivity index (χ4v) is 4.52. The van der Waals surface area contributed by atoms with Gasteiger partial charge in [0.1, 0.15) is 12.1 Å². The highest BCUT2D eigenvalue weighted by Crippen LogP contribution is 2.23. The van der Waals surface area contributed by atoms with Crippen LogP contribution in [0, 0.1) is 5.92 Å². The first-order valence-electron chi connectivity index (χ1n) is 14.6. The molecule has 1 heterocycles. The molecular weight excluding hydrogens is 630 g/mol. The van der Waals surface area contributed by atoms with Crippen molar-refractivity contribution in [2.45, 2.75) is 95.2 Å². The third-order valence-corrected chi connectivity index (χ3v) is 7.08. The molecule has 0 radical (unpaired) electrons. The van der Waals surface area contributed by atoms with Crippen LogP contribution in [0.5, 0.6) is 0 Å². The van der Waals surface area contributed by atoms with Gasteiger partial charge in [0.05, 0.1) is 12.0 Å². The van der Waals surface area contributed by atoms with Gasteiger partial charge < -0.3 is 31.5 Å². The molecule has 1 unspecified atom stereocenters. The number of halogens is 6. The zero-order chi connectivity index (χ0) is 35.1. The van der Waals surface area contributed by atoms with E-state index in [1.54, 1.807) is 30.3 Å². The lowest BCUT2D eigenvalue weighted by molar-refractivity contribution is -0.192. The van der Waals surface area contributed by atoms with E-state index in [9.17, 15) is 50.6 Å². The van der Waals surface area contributed by atoms with Crippen LogP contribution in [0.4, 0.5) is 26.3 Å². The van der Waals surface area contributed by atoms with E-state index in [1.165, 1.54) is 4.90 Å². The Kier molecular flexibility index (Phi) is 16.5. The van der Waals surface area contributed by atoms with Gasteiger partial charge in [0.25, 0.3) is 0 Å². The molecule has 3 amide bonds. The molecule has 17 heteroatoms. The first-order valence-corrected chi connectivity index (χ1v) is 14.6. The predicted octanol–water partition coefficient (Wildman–Crippen LogP) is 3.41. The molecule has 1 fully saturated rings. The van der Waals surface area contributed by atoms with Gasteiger partial charge in [-0.1, -0.05) is 50.1 Å². The van der Waals surface area contributed by atoms with Crippen molar-refractivity contribution in [3.05, 3.63) is 35.9 Å². The first-order chi connectivity index (χ1) is 21.4. The first kappa shape index (κ1) is 40.1. The van der Waals surface area contributed by atoms with E-state index in [-0.39, 0.29) is 31.8 Å². The van der Waals surface area contributed by atoms with Crippen molar-refractivity contribution in [2.75, 3.05) is 13.1 Å². The number of carbonyl (C=O) groups excluding carboxylic acids is 3. The topological polar surface area (TPSA) is 179 Å². The second kappa shape index (κ2) is 18.9. The van der Waals surface area contributed by atoms with Crippen molar-refractivity contribution in [3.63, 3.8) is 0 Å². The van der Waals surface area contributed by atoms with Gasteiger partial charge in [-0.05, 0) is 44.1 Å². The summed E-state index contributed by atoms with van der Waals surface area (Å²) in [6.07, 6.45) is -8.90. The van der Waals surface area contributed by atoms with E-state index in [4.69, 9.17) is 15.6 Å². The molecule has 46 heavy (non-hydrogen) atoms. The van der Waals surface area contributed by atoms with E-state index in [1.807, 2.05) is 6.92 Å². The Balaban J connectivity index is 0.00000135. The number of likely N-dealkylation sites (tertiary alicyclic amines) is 1. The number of carboxylic acid groups (broad SMARTS) is 2. The van der Waals surface area contributed by atoms with Crippen molar-refractivity contribution >= 4 is 29.7 Å². The van der Waals surface area contributed by atoms with Gasteiger partial charge in [-0.2, -0.15) is 26.3 Å². The number of nitrogens with zero attached hydrogens (tertiary/aromatic N) is 1. The predicted molar refractivity (Wildman–Crippen MR) is 152 cm³/mol. The Hall–Kier alpha value is -3.89. The molecule has 1 aliphatic rings. The highest BCUT2D eigenvalue weighted by Gasteiger charge is 2.38.